The van der Waals surface area contributed by atoms with E-state index in [1.54, 1.807) is 19.9 Å². The Morgan fingerprint density at radius 3 is 2.21 bits per heavy atom. The van der Waals surface area contributed by atoms with Crippen LogP contribution < -0.4 is 0 Å². The average molecular weight is 343 g/mol. The molecule has 2 heterocycles. The highest BCUT2D eigenvalue weighted by molar-refractivity contribution is 7.90. The van der Waals surface area contributed by atoms with Crippen LogP contribution in [0.3, 0.4) is 0 Å². The van der Waals surface area contributed by atoms with Gasteiger partial charge in [0.15, 0.2) is 20.5 Å². The van der Waals surface area contributed by atoms with E-state index in [4.69, 9.17) is 4.74 Å². The van der Waals surface area contributed by atoms with Crippen LogP contribution in [0.2, 0.25) is 0 Å². The molecule has 0 N–H and O–H groups in total. The van der Waals surface area contributed by atoms with Gasteiger partial charge in [0.25, 0.3) is 0 Å². The molecule has 5 nitrogen and oxygen atoms in total. The first kappa shape index (κ1) is 16.4. The Morgan fingerprint density at radius 1 is 1.00 bits per heavy atom. The van der Waals surface area contributed by atoms with Crippen LogP contribution in [-0.4, -0.2) is 31.0 Å². The second-order valence-electron chi connectivity index (χ2n) is 6.17. The molecule has 2 aromatic rings. The molecule has 0 saturated carbocycles. The number of ether oxygens (including phenoxy) is 1. The molecule has 1 aliphatic rings. The number of sulfone groups is 1. The summed E-state index contributed by atoms with van der Waals surface area (Å²) in [6, 6.07) is 12.3. The Balaban J connectivity index is 2.15. The molecule has 1 aromatic heterocycles. The molecule has 0 aliphatic carbocycles. The summed E-state index contributed by atoms with van der Waals surface area (Å²) in [5.41, 5.74) is 0.834. The lowest BCUT2D eigenvalue weighted by atomic mass is 9.93. The van der Waals surface area contributed by atoms with Gasteiger partial charge in [-0.25, -0.2) is 13.4 Å². The molecule has 1 aliphatic heterocycles. The Labute approximate surface area is 140 Å². The molecule has 0 atom stereocenters. The molecule has 0 spiro atoms. The number of carbonyl (C=O) groups excluding carboxylic acids is 1. The number of nitrogens with zero attached hydrogens (tertiary/aromatic N) is 1. The lowest BCUT2D eigenvalue weighted by molar-refractivity contribution is -0.125. The van der Waals surface area contributed by atoms with Crippen molar-refractivity contribution < 1.29 is 17.9 Å². The molecule has 3 rings (SSSR count). The number of hydrogen-bond acceptors (Lipinski definition) is 5. The minimum atomic E-state index is -3.38. The van der Waals surface area contributed by atoms with E-state index in [-0.39, 0.29) is 10.8 Å². The SMILES string of the molecule is CC1(C)OC(c2ccc(S(C)(=O)=O)nc2)=C(c2ccccc2)C1=O. The number of hydrogen-bond donors (Lipinski definition) is 0. The molecule has 24 heavy (non-hydrogen) atoms. The maximum atomic E-state index is 12.7. The van der Waals surface area contributed by atoms with Crippen LogP contribution in [0.4, 0.5) is 0 Å². The van der Waals surface area contributed by atoms with Gasteiger partial charge < -0.3 is 4.74 Å². The third-order valence-corrected chi connectivity index (χ3v) is 4.80. The topological polar surface area (TPSA) is 73.3 Å². The first-order chi connectivity index (χ1) is 11.2. The summed E-state index contributed by atoms with van der Waals surface area (Å²) in [6.45, 7) is 3.42. The maximum absolute atomic E-state index is 12.7. The van der Waals surface area contributed by atoms with Gasteiger partial charge in [-0.2, -0.15) is 0 Å². The zero-order valence-corrected chi connectivity index (χ0v) is 14.4. The van der Waals surface area contributed by atoms with E-state index in [1.165, 1.54) is 12.3 Å². The number of rotatable bonds is 3. The summed E-state index contributed by atoms with van der Waals surface area (Å²) in [5, 5.41) is -0.0169. The number of Topliss-reactive ketones (excluding diaryl/α,β-unsaturated/α-hetero) is 1. The van der Waals surface area contributed by atoms with Crippen molar-refractivity contribution in [3.8, 4) is 0 Å². The molecule has 0 fully saturated rings. The van der Waals surface area contributed by atoms with Gasteiger partial charge in [-0.3, -0.25) is 4.79 Å². The molecular weight excluding hydrogens is 326 g/mol. The van der Waals surface area contributed by atoms with Gasteiger partial charge in [0.05, 0.1) is 5.57 Å². The average Bonchev–Trinajstić information content (AvgIpc) is 2.78. The number of carbonyl (C=O) groups is 1. The van der Waals surface area contributed by atoms with Crippen LogP contribution in [0.25, 0.3) is 11.3 Å². The van der Waals surface area contributed by atoms with Crippen LogP contribution in [0.1, 0.15) is 25.0 Å². The Kier molecular flexibility index (Phi) is 3.80. The molecule has 0 radical (unpaired) electrons. The molecule has 0 saturated heterocycles. The summed E-state index contributed by atoms with van der Waals surface area (Å²) in [6.07, 6.45) is 2.52. The Hall–Kier alpha value is -2.47. The fraction of sp³-hybridized carbons (Fsp3) is 0.222. The molecular formula is C18H17NO4S. The highest BCUT2D eigenvalue weighted by atomic mass is 32.2. The van der Waals surface area contributed by atoms with Crippen molar-refractivity contribution in [3.05, 3.63) is 59.8 Å². The largest absolute Gasteiger partial charge is 0.478 e. The monoisotopic (exact) mass is 343 g/mol. The molecule has 0 bridgehead atoms. The molecule has 0 amide bonds. The van der Waals surface area contributed by atoms with Crippen LogP contribution in [0.5, 0.6) is 0 Å². The fourth-order valence-electron chi connectivity index (χ4n) is 2.56. The Morgan fingerprint density at radius 2 is 1.67 bits per heavy atom. The molecule has 6 heteroatoms. The van der Waals surface area contributed by atoms with Crippen molar-refractivity contribution in [1.82, 2.24) is 4.98 Å². The quantitative estimate of drug-likeness (QED) is 0.857. The van der Waals surface area contributed by atoms with Gasteiger partial charge in [-0.1, -0.05) is 30.3 Å². The molecule has 0 unspecified atom stereocenters. The van der Waals surface area contributed by atoms with E-state index in [0.717, 1.165) is 11.8 Å². The standard InChI is InChI=1S/C18H17NO4S/c1-18(2)17(20)15(12-7-5-4-6-8-12)16(23-18)13-9-10-14(19-11-13)24(3,21)22/h4-11H,1-3H3. The molecule has 124 valence electrons. The van der Waals surface area contributed by atoms with E-state index in [2.05, 4.69) is 4.98 Å². The van der Waals surface area contributed by atoms with Gasteiger partial charge in [0, 0.05) is 18.0 Å². The zero-order valence-electron chi connectivity index (χ0n) is 13.6. The Bertz CT molecular complexity index is 927. The number of benzene rings is 1. The van der Waals surface area contributed by atoms with E-state index in [9.17, 15) is 13.2 Å². The van der Waals surface area contributed by atoms with Crippen molar-refractivity contribution in [2.45, 2.75) is 24.5 Å². The van der Waals surface area contributed by atoms with E-state index < -0.39 is 15.4 Å². The van der Waals surface area contributed by atoms with Crippen LogP contribution in [-0.2, 0) is 19.4 Å². The van der Waals surface area contributed by atoms with Crippen molar-refractivity contribution in [3.63, 3.8) is 0 Å². The predicted molar refractivity (Wildman–Crippen MR) is 90.8 cm³/mol. The van der Waals surface area contributed by atoms with Gasteiger partial charge in [-0.05, 0) is 31.5 Å². The summed E-state index contributed by atoms with van der Waals surface area (Å²) in [7, 11) is -3.38. The van der Waals surface area contributed by atoms with Gasteiger partial charge in [0.2, 0.25) is 5.78 Å². The predicted octanol–water partition coefficient (Wildman–Crippen LogP) is 2.73. The minimum Gasteiger partial charge on any atom is -0.478 e. The van der Waals surface area contributed by atoms with Crippen LogP contribution in [0.15, 0.2) is 53.7 Å². The maximum Gasteiger partial charge on any atom is 0.210 e. The van der Waals surface area contributed by atoms with Crippen LogP contribution in [0, 0.1) is 0 Å². The second-order valence-corrected chi connectivity index (χ2v) is 8.13. The first-order valence-electron chi connectivity index (χ1n) is 7.40. The van der Waals surface area contributed by atoms with Crippen LogP contribution >= 0.6 is 0 Å². The summed E-state index contributed by atoms with van der Waals surface area (Å²) >= 11 is 0. The highest BCUT2D eigenvalue weighted by Crippen LogP contribution is 2.41. The smallest absolute Gasteiger partial charge is 0.210 e. The van der Waals surface area contributed by atoms with Crippen molar-refractivity contribution in [1.29, 1.82) is 0 Å². The summed E-state index contributed by atoms with van der Waals surface area (Å²) in [4.78, 5) is 16.7. The van der Waals surface area contributed by atoms with Gasteiger partial charge >= 0.3 is 0 Å². The second kappa shape index (κ2) is 5.56. The van der Waals surface area contributed by atoms with E-state index in [0.29, 0.717) is 16.9 Å². The number of ketones is 1. The number of pyridine rings is 1. The first-order valence-corrected chi connectivity index (χ1v) is 9.29. The van der Waals surface area contributed by atoms with E-state index in [1.807, 2.05) is 30.3 Å². The minimum absolute atomic E-state index is 0.0169. The van der Waals surface area contributed by atoms with Gasteiger partial charge in [0.1, 0.15) is 5.76 Å². The third kappa shape index (κ3) is 2.85. The normalized spacial score (nSPS) is 17.0. The van der Waals surface area contributed by atoms with Crippen molar-refractivity contribution in [2.24, 2.45) is 0 Å². The lowest BCUT2D eigenvalue weighted by Gasteiger charge is -2.17. The fourth-order valence-corrected chi connectivity index (χ4v) is 3.12. The molecule has 1 aromatic carbocycles. The summed E-state index contributed by atoms with van der Waals surface area (Å²) in [5.74, 6) is 0.305. The van der Waals surface area contributed by atoms with Crippen molar-refractivity contribution in [2.75, 3.05) is 6.26 Å². The highest BCUT2D eigenvalue weighted by Gasteiger charge is 2.42. The lowest BCUT2D eigenvalue weighted by Crippen LogP contribution is -2.29. The zero-order chi connectivity index (χ0) is 17.5. The third-order valence-electron chi connectivity index (χ3n) is 3.80. The van der Waals surface area contributed by atoms with Gasteiger partial charge in [-0.15, -0.1) is 0 Å². The summed E-state index contributed by atoms with van der Waals surface area (Å²) < 4.78 is 29.0. The number of aromatic nitrogens is 1. The van der Waals surface area contributed by atoms with Crippen molar-refractivity contribution >= 4 is 27.0 Å². The van der Waals surface area contributed by atoms with E-state index >= 15 is 0 Å².